The predicted octanol–water partition coefficient (Wildman–Crippen LogP) is 1.98. The molecule has 0 spiro atoms. The van der Waals surface area contributed by atoms with Crippen molar-refractivity contribution < 1.29 is 4.79 Å². The maximum atomic E-state index is 11.6. The van der Waals surface area contributed by atoms with Crippen LogP contribution >= 0.6 is 0 Å². The standard InChI is InChI=1S/C11H20N2O/c1-11(2)6-4-3-5-9(11)13-8-7-12-10(13)14/h9H,3-8H2,1-2H3,(H,12,14). The lowest BCUT2D eigenvalue weighted by atomic mass is 9.72. The highest BCUT2D eigenvalue weighted by atomic mass is 16.2. The van der Waals surface area contributed by atoms with Crippen molar-refractivity contribution in [2.75, 3.05) is 13.1 Å². The van der Waals surface area contributed by atoms with Gasteiger partial charge in [-0.3, -0.25) is 0 Å². The molecule has 0 aromatic rings. The number of carbonyl (C=O) groups is 1. The van der Waals surface area contributed by atoms with Crippen molar-refractivity contribution in [3.63, 3.8) is 0 Å². The summed E-state index contributed by atoms with van der Waals surface area (Å²) in [7, 11) is 0. The topological polar surface area (TPSA) is 32.3 Å². The second-order valence-electron chi connectivity index (χ2n) is 5.18. The van der Waals surface area contributed by atoms with Crippen molar-refractivity contribution in [2.45, 2.75) is 45.6 Å². The van der Waals surface area contributed by atoms with Crippen LogP contribution in [0.3, 0.4) is 0 Å². The lowest BCUT2D eigenvalue weighted by Gasteiger charge is -2.43. The number of nitrogens with zero attached hydrogens (tertiary/aromatic N) is 1. The Labute approximate surface area is 85.8 Å². The highest BCUT2D eigenvalue weighted by Crippen LogP contribution is 2.38. The molecule has 0 aromatic heterocycles. The quantitative estimate of drug-likeness (QED) is 0.683. The van der Waals surface area contributed by atoms with Crippen LogP contribution in [0.1, 0.15) is 39.5 Å². The van der Waals surface area contributed by atoms with Crippen LogP contribution in [-0.4, -0.2) is 30.1 Å². The molecule has 0 aromatic carbocycles. The first-order valence-electron chi connectivity index (χ1n) is 5.66. The minimum absolute atomic E-state index is 0.143. The molecule has 2 fully saturated rings. The molecule has 80 valence electrons. The molecule has 3 heteroatoms. The third-order valence-corrected chi connectivity index (χ3v) is 3.72. The molecule has 1 unspecified atom stereocenters. The van der Waals surface area contributed by atoms with Crippen LogP contribution in [0.25, 0.3) is 0 Å². The summed E-state index contributed by atoms with van der Waals surface area (Å²) in [6.45, 7) is 6.31. The molecule has 1 heterocycles. The van der Waals surface area contributed by atoms with Crippen LogP contribution in [0, 0.1) is 5.41 Å². The minimum atomic E-state index is 0.143. The van der Waals surface area contributed by atoms with Crippen molar-refractivity contribution in [3.8, 4) is 0 Å². The summed E-state index contributed by atoms with van der Waals surface area (Å²) in [6.07, 6.45) is 5.03. The maximum Gasteiger partial charge on any atom is 0.317 e. The first kappa shape index (κ1) is 9.81. The molecular formula is C11H20N2O. The Morgan fingerprint density at radius 3 is 2.79 bits per heavy atom. The van der Waals surface area contributed by atoms with Gasteiger partial charge in [0.25, 0.3) is 0 Å². The molecule has 0 bridgehead atoms. The van der Waals surface area contributed by atoms with Crippen molar-refractivity contribution in [3.05, 3.63) is 0 Å². The van der Waals surface area contributed by atoms with E-state index in [0.717, 1.165) is 13.1 Å². The number of hydrogen-bond acceptors (Lipinski definition) is 1. The smallest absolute Gasteiger partial charge is 0.317 e. The van der Waals surface area contributed by atoms with Gasteiger partial charge in [-0.2, -0.15) is 0 Å². The molecule has 1 saturated carbocycles. The Hall–Kier alpha value is -0.730. The molecule has 1 atom stereocenters. The van der Waals surface area contributed by atoms with Crippen molar-refractivity contribution in [2.24, 2.45) is 5.41 Å². The van der Waals surface area contributed by atoms with E-state index in [1.54, 1.807) is 0 Å². The first-order chi connectivity index (χ1) is 6.61. The van der Waals surface area contributed by atoms with Gasteiger partial charge >= 0.3 is 6.03 Å². The molecule has 2 amide bonds. The average Bonchev–Trinajstić information content (AvgIpc) is 2.51. The fraction of sp³-hybridized carbons (Fsp3) is 0.909. The van der Waals surface area contributed by atoms with Gasteiger partial charge in [0.2, 0.25) is 0 Å². The van der Waals surface area contributed by atoms with Crippen LogP contribution in [-0.2, 0) is 0 Å². The molecule has 1 N–H and O–H groups in total. The average molecular weight is 196 g/mol. The number of urea groups is 1. The van der Waals surface area contributed by atoms with Gasteiger partial charge in [-0.25, -0.2) is 4.79 Å². The summed E-state index contributed by atoms with van der Waals surface area (Å²) in [5.41, 5.74) is 0.305. The number of rotatable bonds is 1. The Bertz CT molecular complexity index is 237. The lowest BCUT2D eigenvalue weighted by Crippen LogP contribution is -2.48. The van der Waals surface area contributed by atoms with Gasteiger partial charge in [0.05, 0.1) is 0 Å². The number of nitrogens with one attached hydrogen (secondary N) is 1. The van der Waals surface area contributed by atoms with Crippen LogP contribution in [0.2, 0.25) is 0 Å². The van der Waals surface area contributed by atoms with E-state index in [9.17, 15) is 4.79 Å². The molecule has 1 aliphatic heterocycles. The molecule has 0 radical (unpaired) electrons. The van der Waals surface area contributed by atoms with Gasteiger partial charge in [0.1, 0.15) is 0 Å². The molecule has 14 heavy (non-hydrogen) atoms. The largest absolute Gasteiger partial charge is 0.336 e. The number of amides is 2. The zero-order valence-corrected chi connectivity index (χ0v) is 9.18. The Morgan fingerprint density at radius 2 is 2.21 bits per heavy atom. The van der Waals surface area contributed by atoms with Gasteiger partial charge in [-0.15, -0.1) is 0 Å². The van der Waals surface area contributed by atoms with Crippen molar-refractivity contribution in [1.29, 1.82) is 0 Å². The van der Waals surface area contributed by atoms with E-state index < -0.39 is 0 Å². The summed E-state index contributed by atoms with van der Waals surface area (Å²) in [6, 6.07) is 0.601. The van der Waals surface area contributed by atoms with Gasteiger partial charge in [-0.1, -0.05) is 26.7 Å². The molecule has 2 rings (SSSR count). The monoisotopic (exact) mass is 196 g/mol. The maximum absolute atomic E-state index is 11.6. The summed E-state index contributed by atoms with van der Waals surface area (Å²) in [5.74, 6) is 0. The Kier molecular flexibility index (Phi) is 2.41. The first-order valence-corrected chi connectivity index (χ1v) is 5.66. The molecular weight excluding hydrogens is 176 g/mol. The van der Waals surface area contributed by atoms with E-state index in [1.807, 2.05) is 4.90 Å². The SMILES string of the molecule is CC1(C)CCCCC1N1CCNC1=O. The molecule has 2 aliphatic rings. The van der Waals surface area contributed by atoms with Crippen LogP contribution in [0.5, 0.6) is 0 Å². The van der Waals surface area contributed by atoms with E-state index in [4.69, 9.17) is 0 Å². The zero-order chi connectivity index (χ0) is 10.2. The van der Waals surface area contributed by atoms with Gasteiger partial charge in [-0.05, 0) is 18.3 Å². The van der Waals surface area contributed by atoms with E-state index in [-0.39, 0.29) is 6.03 Å². The third-order valence-electron chi connectivity index (χ3n) is 3.72. The van der Waals surface area contributed by atoms with Gasteiger partial charge in [0, 0.05) is 19.1 Å². The fourth-order valence-electron chi connectivity index (χ4n) is 2.84. The Morgan fingerprint density at radius 1 is 1.43 bits per heavy atom. The van der Waals surface area contributed by atoms with Gasteiger partial charge < -0.3 is 10.2 Å². The Balaban J connectivity index is 2.11. The second-order valence-corrected chi connectivity index (χ2v) is 5.18. The van der Waals surface area contributed by atoms with E-state index in [1.165, 1.54) is 25.7 Å². The minimum Gasteiger partial charge on any atom is -0.336 e. The zero-order valence-electron chi connectivity index (χ0n) is 9.18. The normalized spacial score (nSPS) is 31.7. The molecule has 1 aliphatic carbocycles. The summed E-state index contributed by atoms with van der Waals surface area (Å²) in [4.78, 5) is 13.6. The van der Waals surface area contributed by atoms with Gasteiger partial charge in [0.15, 0.2) is 0 Å². The molecule has 1 saturated heterocycles. The highest BCUT2D eigenvalue weighted by molar-refractivity contribution is 5.76. The summed E-state index contributed by atoms with van der Waals surface area (Å²) < 4.78 is 0. The summed E-state index contributed by atoms with van der Waals surface area (Å²) in [5, 5.41) is 2.89. The van der Waals surface area contributed by atoms with Crippen molar-refractivity contribution in [1.82, 2.24) is 10.2 Å². The number of carbonyl (C=O) groups excluding carboxylic acids is 1. The predicted molar refractivity (Wildman–Crippen MR) is 56.1 cm³/mol. The highest BCUT2D eigenvalue weighted by Gasteiger charge is 2.39. The lowest BCUT2D eigenvalue weighted by molar-refractivity contribution is 0.0850. The van der Waals surface area contributed by atoms with Crippen LogP contribution < -0.4 is 5.32 Å². The fourth-order valence-corrected chi connectivity index (χ4v) is 2.84. The number of hydrogen-bond donors (Lipinski definition) is 1. The van der Waals surface area contributed by atoms with Crippen LogP contribution in [0.15, 0.2) is 0 Å². The third kappa shape index (κ3) is 1.60. The molecule has 3 nitrogen and oxygen atoms in total. The van der Waals surface area contributed by atoms with Crippen LogP contribution in [0.4, 0.5) is 4.79 Å². The second kappa shape index (κ2) is 3.44. The van der Waals surface area contributed by atoms with E-state index in [2.05, 4.69) is 19.2 Å². The summed E-state index contributed by atoms with van der Waals surface area (Å²) >= 11 is 0. The van der Waals surface area contributed by atoms with Crippen molar-refractivity contribution >= 4 is 6.03 Å². The van der Waals surface area contributed by atoms with E-state index in [0.29, 0.717) is 11.5 Å². The van der Waals surface area contributed by atoms with E-state index >= 15 is 0 Å².